The Bertz CT molecular complexity index is 1230. The molecule has 0 unspecified atom stereocenters. The molecule has 0 bridgehead atoms. The highest BCUT2D eigenvalue weighted by Crippen LogP contribution is 2.27. The first-order chi connectivity index (χ1) is 16.4. The Morgan fingerprint density at radius 1 is 1.23 bits per heavy atom. The Hall–Kier alpha value is -3.69. The fraction of sp³-hybridized carbons (Fsp3) is 0.440. The minimum absolute atomic E-state index is 0.0462. The number of nitrogens with two attached hydrogens (primary N) is 1. The molecule has 0 aliphatic carbocycles. The van der Waals surface area contributed by atoms with E-state index < -0.39 is 17.3 Å². The van der Waals surface area contributed by atoms with Gasteiger partial charge < -0.3 is 21.1 Å². The Kier molecular flexibility index (Phi) is 7.62. The van der Waals surface area contributed by atoms with E-state index >= 15 is 0 Å². The molecule has 188 valence electrons. The molecule has 0 radical (unpaired) electrons. The maximum absolute atomic E-state index is 14.9. The number of nitrogens with zero attached hydrogens (tertiary/aromatic N) is 3. The fourth-order valence-electron chi connectivity index (χ4n) is 3.86. The summed E-state index contributed by atoms with van der Waals surface area (Å²) >= 11 is 0. The van der Waals surface area contributed by atoms with E-state index in [1.165, 1.54) is 0 Å². The molecule has 9 nitrogen and oxygen atoms in total. The second kappa shape index (κ2) is 10.3. The van der Waals surface area contributed by atoms with Crippen molar-refractivity contribution in [2.45, 2.75) is 59.1 Å². The number of fused-ring (bicyclic) bond motifs is 1. The summed E-state index contributed by atoms with van der Waals surface area (Å²) in [7, 11) is 1.84. The van der Waals surface area contributed by atoms with E-state index in [1.54, 1.807) is 10.9 Å². The average molecular weight is 485 g/mol. The summed E-state index contributed by atoms with van der Waals surface area (Å²) in [4.78, 5) is 28.6. The van der Waals surface area contributed by atoms with Crippen molar-refractivity contribution in [1.29, 1.82) is 0 Å². The molecular formula is C25H33FN6O3. The Morgan fingerprint density at radius 2 is 1.94 bits per heavy atom. The lowest BCUT2D eigenvalue weighted by Crippen LogP contribution is -2.31. The summed E-state index contributed by atoms with van der Waals surface area (Å²) in [5, 5.41) is 11.2. The molecule has 2 atom stereocenters. The zero-order valence-electron chi connectivity index (χ0n) is 21.0. The molecule has 0 saturated carbocycles. The van der Waals surface area contributed by atoms with Crippen LogP contribution >= 0.6 is 0 Å². The van der Waals surface area contributed by atoms with Gasteiger partial charge in [-0.3, -0.25) is 14.3 Å². The average Bonchev–Trinajstić information content (AvgIpc) is 3.12. The second-order valence-electron chi connectivity index (χ2n) is 9.64. The number of hydrogen-bond donors (Lipinski definition) is 3. The number of anilines is 3. The number of halogens is 1. The molecule has 4 N–H and O–H groups in total. The van der Waals surface area contributed by atoms with Crippen molar-refractivity contribution < 1.29 is 18.7 Å². The molecule has 2 aromatic heterocycles. The van der Waals surface area contributed by atoms with Gasteiger partial charge >= 0.3 is 5.97 Å². The van der Waals surface area contributed by atoms with Crippen molar-refractivity contribution in [3.63, 3.8) is 0 Å². The number of benzene rings is 1. The Balaban J connectivity index is 1.84. The molecule has 0 saturated heterocycles. The van der Waals surface area contributed by atoms with Crippen molar-refractivity contribution in [3.8, 4) is 0 Å². The van der Waals surface area contributed by atoms with Gasteiger partial charge in [0.15, 0.2) is 11.6 Å². The highest BCUT2D eigenvalue weighted by molar-refractivity contribution is 5.99. The van der Waals surface area contributed by atoms with Crippen LogP contribution in [-0.2, 0) is 16.6 Å². The van der Waals surface area contributed by atoms with Gasteiger partial charge in [-0.2, -0.15) is 5.10 Å². The Labute approximate surface area is 204 Å². The molecule has 3 rings (SSSR count). The first-order valence-corrected chi connectivity index (χ1v) is 11.6. The quantitative estimate of drug-likeness (QED) is 0.382. The smallest absolute Gasteiger partial charge is 0.306 e. The molecule has 10 heteroatoms. The number of hydrogen-bond acceptors (Lipinski definition) is 7. The SMILES string of the molecule is CC[C@H](CC(=O)OC(C)(C)C)[C@@H](C)Nc1nc(Nc2ccc3c(cnn3C)c2)c(C(N)=O)cc1F. The van der Waals surface area contributed by atoms with E-state index in [4.69, 9.17) is 10.5 Å². The van der Waals surface area contributed by atoms with Gasteiger partial charge in [-0.15, -0.1) is 0 Å². The number of carbonyl (C=O) groups excluding carboxylic acids is 2. The minimum atomic E-state index is -0.808. The number of pyridine rings is 1. The summed E-state index contributed by atoms with van der Waals surface area (Å²) in [5.74, 6) is -1.88. The van der Waals surface area contributed by atoms with Gasteiger partial charge in [0.25, 0.3) is 5.91 Å². The van der Waals surface area contributed by atoms with Gasteiger partial charge in [0.05, 0.1) is 23.7 Å². The van der Waals surface area contributed by atoms with Crippen LogP contribution in [0.15, 0.2) is 30.5 Å². The monoisotopic (exact) mass is 484 g/mol. The number of primary amides is 1. The minimum Gasteiger partial charge on any atom is -0.460 e. The number of amides is 1. The van der Waals surface area contributed by atoms with Crippen molar-refractivity contribution in [1.82, 2.24) is 14.8 Å². The second-order valence-corrected chi connectivity index (χ2v) is 9.64. The molecule has 0 fully saturated rings. The van der Waals surface area contributed by atoms with Crippen molar-refractivity contribution in [3.05, 3.63) is 41.8 Å². The lowest BCUT2D eigenvalue weighted by molar-refractivity contribution is -0.156. The summed E-state index contributed by atoms with van der Waals surface area (Å²) in [6, 6.07) is 6.30. The summed E-state index contributed by atoms with van der Waals surface area (Å²) in [5.41, 5.74) is 6.41. The number of aryl methyl sites for hydroxylation is 1. The number of nitrogens with one attached hydrogen (secondary N) is 2. The predicted molar refractivity (Wildman–Crippen MR) is 134 cm³/mol. The zero-order valence-corrected chi connectivity index (χ0v) is 21.0. The maximum Gasteiger partial charge on any atom is 0.306 e. The topological polar surface area (TPSA) is 124 Å². The van der Waals surface area contributed by atoms with Gasteiger partial charge in [0, 0.05) is 24.2 Å². The van der Waals surface area contributed by atoms with Crippen LogP contribution in [0.3, 0.4) is 0 Å². The van der Waals surface area contributed by atoms with Gasteiger partial charge in [0.2, 0.25) is 0 Å². The number of ether oxygens (including phenoxy) is 1. The van der Waals surface area contributed by atoms with Crippen LogP contribution in [0.25, 0.3) is 10.9 Å². The molecule has 1 aromatic carbocycles. The summed E-state index contributed by atoms with van der Waals surface area (Å²) in [6.07, 6.45) is 2.57. The van der Waals surface area contributed by atoms with E-state index in [9.17, 15) is 14.0 Å². The van der Waals surface area contributed by atoms with Crippen LogP contribution < -0.4 is 16.4 Å². The Morgan fingerprint density at radius 3 is 2.57 bits per heavy atom. The van der Waals surface area contributed by atoms with Crippen LogP contribution in [-0.4, -0.2) is 38.3 Å². The molecule has 0 spiro atoms. The van der Waals surface area contributed by atoms with Gasteiger partial charge in [-0.05, 0) is 57.9 Å². The van der Waals surface area contributed by atoms with Crippen molar-refractivity contribution in [2.75, 3.05) is 10.6 Å². The molecule has 0 aliphatic heterocycles. The number of rotatable bonds is 9. The lowest BCUT2D eigenvalue weighted by atomic mass is 9.94. The number of aromatic nitrogens is 3. The predicted octanol–water partition coefficient (Wildman–Crippen LogP) is 4.51. The summed E-state index contributed by atoms with van der Waals surface area (Å²) < 4.78 is 22.1. The fourth-order valence-corrected chi connectivity index (χ4v) is 3.86. The van der Waals surface area contributed by atoms with E-state index in [0.717, 1.165) is 17.0 Å². The van der Waals surface area contributed by atoms with E-state index in [0.29, 0.717) is 12.1 Å². The highest BCUT2D eigenvalue weighted by Gasteiger charge is 2.25. The van der Waals surface area contributed by atoms with E-state index in [-0.39, 0.29) is 41.5 Å². The molecule has 3 aromatic rings. The van der Waals surface area contributed by atoms with Gasteiger partial charge in [0.1, 0.15) is 11.4 Å². The normalized spacial score (nSPS) is 13.3. The number of carbonyl (C=O) groups is 2. The van der Waals surface area contributed by atoms with E-state index in [2.05, 4.69) is 20.7 Å². The molecule has 2 heterocycles. The van der Waals surface area contributed by atoms with Crippen molar-refractivity contribution >= 4 is 40.1 Å². The lowest BCUT2D eigenvalue weighted by Gasteiger charge is -2.26. The van der Waals surface area contributed by atoms with Crippen LogP contribution in [0.4, 0.5) is 21.7 Å². The molecule has 0 aliphatic rings. The maximum atomic E-state index is 14.9. The van der Waals surface area contributed by atoms with Gasteiger partial charge in [-0.25, -0.2) is 9.37 Å². The summed E-state index contributed by atoms with van der Waals surface area (Å²) in [6.45, 7) is 9.24. The third kappa shape index (κ3) is 6.46. The molecule has 1 amide bonds. The third-order valence-corrected chi connectivity index (χ3v) is 5.70. The molecular weight excluding hydrogens is 451 g/mol. The van der Waals surface area contributed by atoms with Crippen LogP contribution in [0.1, 0.15) is 57.8 Å². The third-order valence-electron chi connectivity index (χ3n) is 5.70. The van der Waals surface area contributed by atoms with Crippen LogP contribution in [0.2, 0.25) is 0 Å². The largest absolute Gasteiger partial charge is 0.460 e. The van der Waals surface area contributed by atoms with Crippen LogP contribution in [0, 0.1) is 11.7 Å². The standard InChI is InChI=1S/C25H33FN6O3/c1-7-15(11-21(33)35-25(3,4)5)14(2)29-24-19(26)12-18(22(27)34)23(31-24)30-17-8-9-20-16(10-17)13-28-32(20)6/h8-10,12-15H,7,11H2,1-6H3,(H2,27,34)(H2,29,30,31)/t14-,15-/m1/s1. The van der Waals surface area contributed by atoms with Crippen molar-refractivity contribution in [2.24, 2.45) is 18.7 Å². The first-order valence-electron chi connectivity index (χ1n) is 11.6. The number of esters is 1. The zero-order chi connectivity index (χ0) is 25.9. The molecule has 35 heavy (non-hydrogen) atoms. The van der Waals surface area contributed by atoms with Crippen LogP contribution in [0.5, 0.6) is 0 Å². The highest BCUT2D eigenvalue weighted by atomic mass is 19.1. The van der Waals surface area contributed by atoms with E-state index in [1.807, 2.05) is 59.9 Å². The van der Waals surface area contributed by atoms with Gasteiger partial charge in [-0.1, -0.05) is 13.3 Å². The first kappa shape index (κ1) is 25.9.